The Balaban J connectivity index is 2.87. The molecule has 0 aliphatic rings. The highest BCUT2D eigenvalue weighted by Gasteiger charge is 2.41. The average Bonchev–Trinajstić information content (AvgIpc) is 2.38. The van der Waals surface area contributed by atoms with Crippen LogP contribution >= 0.6 is 0 Å². The number of aromatic nitrogens is 1. The molecule has 1 heterocycles. The zero-order chi connectivity index (χ0) is 15.3. The SMILES string of the molecule is CC(C)[Si](CCc1ccc(C=O)cn1)(C(C)C)C(C)C. The third kappa shape index (κ3) is 3.57. The number of carbonyl (C=O) groups excluding carboxylic acids is 1. The number of rotatable bonds is 7. The highest BCUT2D eigenvalue weighted by Crippen LogP contribution is 2.44. The molecule has 0 spiro atoms. The lowest BCUT2D eigenvalue weighted by molar-refractivity contribution is 0.112. The van der Waals surface area contributed by atoms with Crippen molar-refractivity contribution in [1.29, 1.82) is 0 Å². The average molecular weight is 292 g/mol. The summed E-state index contributed by atoms with van der Waals surface area (Å²) in [5.41, 5.74) is 4.15. The lowest BCUT2D eigenvalue weighted by Crippen LogP contribution is -2.44. The van der Waals surface area contributed by atoms with Crippen LogP contribution in [0.4, 0.5) is 0 Å². The molecule has 0 saturated heterocycles. The summed E-state index contributed by atoms with van der Waals surface area (Å²) in [5, 5.41) is 0. The van der Waals surface area contributed by atoms with Crippen molar-refractivity contribution >= 4 is 14.4 Å². The predicted molar refractivity (Wildman–Crippen MR) is 89.2 cm³/mol. The third-order valence-electron chi connectivity index (χ3n) is 5.02. The van der Waals surface area contributed by atoms with E-state index in [4.69, 9.17) is 0 Å². The number of aldehydes is 1. The molecule has 1 aromatic rings. The van der Waals surface area contributed by atoms with Gasteiger partial charge in [-0.1, -0.05) is 64.2 Å². The maximum Gasteiger partial charge on any atom is 0.151 e. The number of hydrogen-bond acceptors (Lipinski definition) is 2. The molecule has 2 nitrogen and oxygen atoms in total. The van der Waals surface area contributed by atoms with Crippen molar-refractivity contribution in [2.45, 2.75) is 70.6 Å². The lowest BCUT2D eigenvalue weighted by atomic mass is 10.2. The molecule has 1 aromatic heterocycles. The van der Waals surface area contributed by atoms with Gasteiger partial charge in [0.15, 0.2) is 6.29 Å². The monoisotopic (exact) mass is 291 g/mol. The van der Waals surface area contributed by atoms with Crippen LogP contribution in [0.3, 0.4) is 0 Å². The Morgan fingerprint density at radius 1 is 1.05 bits per heavy atom. The standard InChI is InChI=1S/C17H29NOSi/c1-13(2)20(14(3)4,15(5)6)10-9-17-8-7-16(12-19)11-18-17/h7-8,11-15H,9-10H2,1-6H3. The van der Waals surface area contributed by atoms with E-state index in [1.807, 2.05) is 12.1 Å². The van der Waals surface area contributed by atoms with Crippen LogP contribution in [0.2, 0.25) is 22.7 Å². The van der Waals surface area contributed by atoms with Gasteiger partial charge in [0.25, 0.3) is 0 Å². The first-order chi connectivity index (χ1) is 9.34. The van der Waals surface area contributed by atoms with Crippen molar-refractivity contribution in [2.75, 3.05) is 0 Å². The van der Waals surface area contributed by atoms with Crippen molar-refractivity contribution in [2.24, 2.45) is 0 Å². The van der Waals surface area contributed by atoms with Gasteiger partial charge in [-0.3, -0.25) is 9.78 Å². The summed E-state index contributed by atoms with van der Waals surface area (Å²) in [4.78, 5) is 15.1. The molecule has 0 radical (unpaired) electrons. The molecule has 0 unspecified atom stereocenters. The lowest BCUT2D eigenvalue weighted by Gasteiger charge is -2.43. The second-order valence-corrected chi connectivity index (χ2v) is 13.0. The fourth-order valence-electron chi connectivity index (χ4n) is 3.86. The number of pyridine rings is 1. The summed E-state index contributed by atoms with van der Waals surface area (Å²) in [6.07, 6.45) is 3.58. The number of nitrogens with zero attached hydrogens (tertiary/aromatic N) is 1. The van der Waals surface area contributed by atoms with Crippen LogP contribution in [-0.4, -0.2) is 19.3 Å². The molecule has 3 heteroatoms. The van der Waals surface area contributed by atoms with Crippen molar-refractivity contribution in [1.82, 2.24) is 4.98 Å². The molecular formula is C17H29NOSi. The van der Waals surface area contributed by atoms with Crippen LogP contribution in [0, 0.1) is 0 Å². The molecule has 0 N–H and O–H groups in total. The number of aryl methyl sites for hydroxylation is 1. The molecule has 1 rings (SSSR count). The van der Waals surface area contributed by atoms with E-state index in [1.165, 1.54) is 6.04 Å². The highest BCUT2D eigenvalue weighted by atomic mass is 28.3. The minimum atomic E-state index is -1.34. The Morgan fingerprint density at radius 3 is 1.95 bits per heavy atom. The molecule has 0 aromatic carbocycles. The van der Waals surface area contributed by atoms with Crippen LogP contribution in [-0.2, 0) is 6.42 Å². The molecule has 0 amide bonds. The molecule has 0 bridgehead atoms. The summed E-state index contributed by atoms with van der Waals surface area (Å²) in [7, 11) is -1.34. The summed E-state index contributed by atoms with van der Waals surface area (Å²) in [5.74, 6) is 0. The number of hydrogen-bond donors (Lipinski definition) is 0. The zero-order valence-corrected chi connectivity index (χ0v) is 14.8. The van der Waals surface area contributed by atoms with Gasteiger partial charge < -0.3 is 0 Å². The quantitative estimate of drug-likeness (QED) is 0.516. The first-order valence-corrected chi connectivity index (χ1v) is 10.2. The van der Waals surface area contributed by atoms with E-state index in [2.05, 4.69) is 46.5 Å². The Bertz CT molecular complexity index is 401. The summed E-state index contributed by atoms with van der Waals surface area (Å²) in [6.45, 7) is 14.4. The molecule has 20 heavy (non-hydrogen) atoms. The Labute approximate surface area is 125 Å². The van der Waals surface area contributed by atoms with E-state index in [0.717, 1.165) is 35.0 Å². The second kappa shape index (κ2) is 7.16. The highest BCUT2D eigenvalue weighted by molar-refractivity contribution is 6.83. The van der Waals surface area contributed by atoms with E-state index >= 15 is 0 Å². The van der Waals surface area contributed by atoms with E-state index in [0.29, 0.717) is 5.56 Å². The minimum absolute atomic E-state index is 0.661. The van der Waals surface area contributed by atoms with Gasteiger partial charge in [-0.15, -0.1) is 0 Å². The van der Waals surface area contributed by atoms with Crippen LogP contribution in [0.25, 0.3) is 0 Å². The van der Waals surface area contributed by atoms with Gasteiger partial charge in [0.1, 0.15) is 0 Å². The maximum absolute atomic E-state index is 10.7. The first kappa shape index (κ1) is 17.1. The van der Waals surface area contributed by atoms with Gasteiger partial charge in [-0.25, -0.2) is 0 Å². The predicted octanol–water partition coefficient (Wildman–Crippen LogP) is 5.12. The van der Waals surface area contributed by atoms with Gasteiger partial charge in [-0.2, -0.15) is 0 Å². The smallest absolute Gasteiger partial charge is 0.151 e. The van der Waals surface area contributed by atoms with Crippen molar-refractivity contribution in [3.05, 3.63) is 29.6 Å². The van der Waals surface area contributed by atoms with Gasteiger partial charge in [-0.05, 0) is 18.6 Å². The third-order valence-corrected chi connectivity index (χ3v) is 12.6. The largest absolute Gasteiger partial charge is 0.298 e. The van der Waals surface area contributed by atoms with E-state index < -0.39 is 8.07 Å². The molecule has 0 aliphatic heterocycles. The molecule has 0 fully saturated rings. The van der Waals surface area contributed by atoms with Crippen LogP contribution in [0.5, 0.6) is 0 Å². The van der Waals surface area contributed by atoms with Gasteiger partial charge in [0.2, 0.25) is 0 Å². The minimum Gasteiger partial charge on any atom is -0.298 e. The molecular weight excluding hydrogens is 262 g/mol. The van der Waals surface area contributed by atoms with Gasteiger partial charge in [0.05, 0.1) is 8.07 Å². The van der Waals surface area contributed by atoms with Crippen LogP contribution in [0.1, 0.15) is 57.6 Å². The van der Waals surface area contributed by atoms with Crippen molar-refractivity contribution in [3.63, 3.8) is 0 Å². The van der Waals surface area contributed by atoms with E-state index in [-0.39, 0.29) is 0 Å². The van der Waals surface area contributed by atoms with E-state index in [9.17, 15) is 4.79 Å². The van der Waals surface area contributed by atoms with Crippen molar-refractivity contribution in [3.8, 4) is 0 Å². The van der Waals surface area contributed by atoms with E-state index in [1.54, 1.807) is 6.20 Å². The number of carbonyl (C=O) groups is 1. The fraction of sp³-hybridized carbons (Fsp3) is 0.647. The Morgan fingerprint density at radius 2 is 1.60 bits per heavy atom. The molecule has 0 atom stereocenters. The van der Waals surface area contributed by atoms with Crippen LogP contribution in [0.15, 0.2) is 18.3 Å². The molecule has 0 saturated carbocycles. The van der Waals surface area contributed by atoms with Gasteiger partial charge in [0, 0.05) is 17.5 Å². The first-order valence-electron chi connectivity index (χ1n) is 7.74. The van der Waals surface area contributed by atoms with Gasteiger partial charge >= 0.3 is 0 Å². The van der Waals surface area contributed by atoms with Crippen molar-refractivity contribution < 1.29 is 4.79 Å². The summed E-state index contributed by atoms with van der Waals surface area (Å²) >= 11 is 0. The van der Waals surface area contributed by atoms with Crippen LogP contribution < -0.4 is 0 Å². The fourth-order valence-corrected chi connectivity index (χ4v) is 10.3. The molecule has 0 aliphatic carbocycles. The maximum atomic E-state index is 10.7. The normalized spacial score (nSPS) is 12.4. The topological polar surface area (TPSA) is 30.0 Å². The molecule has 112 valence electrons. The second-order valence-electron chi connectivity index (χ2n) is 6.78. The Kier molecular flexibility index (Phi) is 6.12. The zero-order valence-electron chi connectivity index (χ0n) is 13.8. The summed E-state index contributed by atoms with van der Waals surface area (Å²) < 4.78 is 0. The Hall–Kier alpha value is -0.963. The summed E-state index contributed by atoms with van der Waals surface area (Å²) in [6, 6.07) is 5.16.